The smallest absolute Gasteiger partial charge is 0.291 e. The highest BCUT2D eigenvalue weighted by atomic mass is 16.5. The number of rotatable bonds is 6. The molecule has 1 fully saturated rings. The maximum atomic E-state index is 12.0. The molecule has 2 heterocycles. The molecule has 2 aromatic rings. The van der Waals surface area contributed by atoms with Crippen molar-refractivity contribution in [1.29, 1.82) is 0 Å². The molecule has 9 heteroatoms. The van der Waals surface area contributed by atoms with E-state index in [2.05, 4.69) is 20.7 Å². The Labute approximate surface area is 157 Å². The number of morpholine rings is 1. The van der Waals surface area contributed by atoms with Gasteiger partial charge < -0.3 is 19.5 Å². The largest absolute Gasteiger partial charge is 0.504 e. The second kappa shape index (κ2) is 8.65. The summed E-state index contributed by atoms with van der Waals surface area (Å²) in [7, 11) is 1.50. The Morgan fingerprint density at radius 2 is 2.22 bits per heavy atom. The van der Waals surface area contributed by atoms with E-state index in [-0.39, 0.29) is 11.4 Å². The van der Waals surface area contributed by atoms with Gasteiger partial charge in [-0.15, -0.1) is 0 Å². The summed E-state index contributed by atoms with van der Waals surface area (Å²) in [6, 6.07) is 5.28. The van der Waals surface area contributed by atoms with Crippen LogP contribution in [0.15, 0.2) is 23.3 Å². The predicted molar refractivity (Wildman–Crippen MR) is 98.3 cm³/mol. The first-order valence-corrected chi connectivity index (χ1v) is 8.73. The first-order valence-electron chi connectivity index (χ1n) is 8.73. The maximum Gasteiger partial charge on any atom is 0.291 e. The predicted octanol–water partition coefficient (Wildman–Crippen LogP) is -0.389. The van der Waals surface area contributed by atoms with Crippen molar-refractivity contribution in [1.82, 2.24) is 15.6 Å². The van der Waals surface area contributed by atoms with Gasteiger partial charge in [-0.1, -0.05) is 0 Å². The standard InChI is InChI=1S/C18H23N5O4/c1-12-7-15(21-20-12)18(25)22-19-10-14-8-13(9-16(26-2)17(14)24)11-23-3-5-27-6-4-23/h7-10,24H,3-6,11H2,1-2H3,(H,20,21)(H,22,25)/p+1/b19-10+. The number of nitrogens with zero attached hydrogens (tertiary/aromatic N) is 2. The number of ether oxygens (including phenoxy) is 2. The molecule has 0 bridgehead atoms. The number of carbonyl (C=O) groups is 1. The minimum Gasteiger partial charge on any atom is -0.504 e. The number of methoxy groups -OCH3 is 1. The van der Waals surface area contributed by atoms with Crippen molar-refractivity contribution < 1.29 is 24.3 Å². The lowest BCUT2D eigenvalue weighted by atomic mass is 10.1. The number of phenols is 1. The lowest BCUT2D eigenvalue weighted by Gasteiger charge is -2.24. The molecule has 0 spiro atoms. The molecule has 0 aliphatic carbocycles. The van der Waals surface area contributed by atoms with Gasteiger partial charge in [0.15, 0.2) is 17.2 Å². The van der Waals surface area contributed by atoms with Gasteiger partial charge in [-0.2, -0.15) is 10.2 Å². The van der Waals surface area contributed by atoms with Gasteiger partial charge in [-0.05, 0) is 25.1 Å². The van der Waals surface area contributed by atoms with E-state index in [0.717, 1.165) is 44.1 Å². The SMILES string of the molecule is COc1cc(C[NH+]2CCOCC2)cc(/C=N/NC(=O)c2cc(C)[nH]n2)c1O. The van der Waals surface area contributed by atoms with Crippen molar-refractivity contribution in [3.05, 3.63) is 40.7 Å². The molecular weight excluding hydrogens is 350 g/mol. The number of H-pyrrole nitrogens is 1. The lowest BCUT2D eigenvalue weighted by Crippen LogP contribution is -3.12. The maximum absolute atomic E-state index is 12.0. The summed E-state index contributed by atoms with van der Waals surface area (Å²) in [4.78, 5) is 13.4. The number of phenolic OH excluding ortho intramolecular Hbond substituents is 1. The summed E-state index contributed by atoms with van der Waals surface area (Å²) in [5, 5.41) is 20.8. The van der Waals surface area contributed by atoms with Crippen LogP contribution in [0.5, 0.6) is 11.5 Å². The van der Waals surface area contributed by atoms with Crippen LogP contribution in [-0.2, 0) is 11.3 Å². The average molecular weight is 374 g/mol. The number of hydrazone groups is 1. The van der Waals surface area contributed by atoms with Gasteiger partial charge in [0.1, 0.15) is 19.6 Å². The fourth-order valence-electron chi connectivity index (χ4n) is 2.92. The van der Waals surface area contributed by atoms with E-state index in [1.54, 1.807) is 13.0 Å². The number of amides is 1. The van der Waals surface area contributed by atoms with Crippen LogP contribution in [0.1, 0.15) is 27.3 Å². The van der Waals surface area contributed by atoms with Crippen LogP contribution in [0.2, 0.25) is 0 Å². The van der Waals surface area contributed by atoms with Gasteiger partial charge in [0.25, 0.3) is 5.91 Å². The van der Waals surface area contributed by atoms with Crippen molar-refractivity contribution in [2.75, 3.05) is 33.4 Å². The minimum absolute atomic E-state index is 0.0214. The summed E-state index contributed by atoms with van der Waals surface area (Å²) < 4.78 is 10.7. The van der Waals surface area contributed by atoms with E-state index in [9.17, 15) is 9.90 Å². The second-order valence-corrected chi connectivity index (χ2v) is 6.41. The molecule has 144 valence electrons. The zero-order valence-corrected chi connectivity index (χ0v) is 15.4. The zero-order valence-electron chi connectivity index (χ0n) is 15.4. The first kappa shape index (κ1) is 18.9. The van der Waals surface area contributed by atoms with Crippen molar-refractivity contribution >= 4 is 12.1 Å². The van der Waals surface area contributed by atoms with E-state index in [1.807, 2.05) is 12.1 Å². The Hall–Kier alpha value is -2.91. The molecule has 0 radical (unpaired) electrons. The molecule has 0 unspecified atom stereocenters. The number of hydrogen-bond donors (Lipinski definition) is 4. The number of aromatic amines is 1. The highest BCUT2D eigenvalue weighted by molar-refractivity contribution is 5.93. The Bertz CT molecular complexity index is 827. The Morgan fingerprint density at radius 3 is 2.89 bits per heavy atom. The number of aryl methyl sites for hydroxylation is 1. The molecule has 27 heavy (non-hydrogen) atoms. The highest BCUT2D eigenvalue weighted by Gasteiger charge is 2.17. The Morgan fingerprint density at radius 1 is 1.44 bits per heavy atom. The fraction of sp³-hybridized carbons (Fsp3) is 0.389. The molecule has 1 amide bonds. The number of benzene rings is 1. The van der Waals surface area contributed by atoms with Crippen LogP contribution >= 0.6 is 0 Å². The molecule has 0 saturated carbocycles. The molecule has 9 nitrogen and oxygen atoms in total. The molecule has 1 aliphatic heterocycles. The highest BCUT2D eigenvalue weighted by Crippen LogP contribution is 2.30. The van der Waals surface area contributed by atoms with Gasteiger partial charge in [-0.3, -0.25) is 9.89 Å². The summed E-state index contributed by atoms with van der Waals surface area (Å²) in [6.07, 6.45) is 1.40. The van der Waals surface area contributed by atoms with E-state index in [4.69, 9.17) is 9.47 Å². The number of aromatic nitrogens is 2. The third-order valence-corrected chi connectivity index (χ3v) is 4.35. The summed E-state index contributed by atoms with van der Waals surface area (Å²) in [6.45, 7) is 5.96. The number of quaternary nitrogens is 1. The Kier molecular flexibility index (Phi) is 6.05. The van der Waals surface area contributed by atoms with Crippen LogP contribution in [0.3, 0.4) is 0 Å². The zero-order chi connectivity index (χ0) is 19.2. The van der Waals surface area contributed by atoms with Crippen molar-refractivity contribution in [2.24, 2.45) is 5.10 Å². The van der Waals surface area contributed by atoms with Crippen LogP contribution < -0.4 is 15.1 Å². The van der Waals surface area contributed by atoms with E-state index >= 15 is 0 Å². The number of aromatic hydroxyl groups is 1. The van der Waals surface area contributed by atoms with E-state index in [0.29, 0.717) is 11.3 Å². The van der Waals surface area contributed by atoms with Crippen LogP contribution in [-0.4, -0.2) is 60.8 Å². The summed E-state index contributed by atoms with van der Waals surface area (Å²) in [5.74, 6) is -0.0846. The Balaban J connectivity index is 1.72. The molecule has 3 rings (SSSR count). The van der Waals surface area contributed by atoms with E-state index in [1.165, 1.54) is 18.2 Å². The average Bonchev–Trinajstić information content (AvgIpc) is 3.11. The molecule has 0 atom stereocenters. The van der Waals surface area contributed by atoms with Gasteiger partial charge in [0.2, 0.25) is 0 Å². The quantitative estimate of drug-likeness (QED) is 0.406. The van der Waals surface area contributed by atoms with Gasteiger partial charge >= 0.3 is 0 Å². The van der Waals surface area contributed by atoms with Crippen molar-refractivity contribution in [3.8, 4) is 11.5 Å². The van der Waals surface area contributed by atoms with Crippen LogP contribution in [0.4, 0.5) is 0 Å². The topological polar surface area (TPSA) is 113 Å². The molecule has 4 N–H and O–H groups in total. The van der Waals surface area contributed by atoms with Crippen molar-refractivity contribution in [3.63, 3.8) is 0 Å². The number of carbonyl (C=O) groups excluding carboxylic acids is 1. The lowest BCUT2D eigenvalue weighted by molar-refractivity contribution is -0.921. The van der Waals surface area contributed by atoms with Gasteiger partial charge in [0, 0.05) is 16.8 Å². The number of hydrogen-bond acceptors (Lipinski definition) is 6. The molecule has 1 saturated heterocycles. The van der Waals surface area contributed by atoms with Gasteiger partial charge in [-0.25, -0.2) is 5.43 Å². The normalized spacial score (nSPS) is 15.2. The monoisotopic (exact) mass is 374 g/mol. The molecule has 1 aromatic carbocycles. The fourth-order valence-corrected chi connectivity index (χ4v) is 2.92. The number of nitrogens with one attached hydrogen (secondary N) is 3. The van der Waals surface area contributed by atoms with E-state index < -0.39 is 5.91 Å². The minimum atomic E-state index is -0.434. The van der Waals surface area contributed by atoms with Crippen LogP contribution in [0.25, 0.3) is 0 Å². The third-order valence-electron chi connectivity index (χ3n) is 4.35. The summed E-state index contributed by atoms with van der Waals surface area (Å²) in [5.41, 5.74) is 4.91. The third kappa shape index (κ3) is 4.83. The van der Waals surface area contributed by atoms with Crippen molar-refractivity contribution in [2.45, 2.75) is 13.5 Å². The van der Waals surface area contributed by atoms with Crippen LogP contribution in [0, 0.1) is 6.92 Å². The summed E-state index contributed by atoms with van der Waals surface area (Å²) >= 11 is 0. The first-order chi connectivity index (χ1) is 13.1. The molecule has 1 aromatic heterocycles. The molecular formula is C18H24N5O4+. The second-order valence-electron chi connectivity index (χ2n) is 6.41. The molecule has 1 aliphatic rings. The van der Waals surface area contributed by atoms with Gasteiger partial charge in [0.05, 0.1) is 26.5 Å².